The van der Waals surface area contributed by atoms with Crippen LogP contribution in [0.15, 0.2) is 36.9 Å². The van der Waals surface area contributed by atoms with E-state index in [0.29, 0.717) is 6.54 Å². The number of hydrogen-bond donors (Lipinski definition) is 0. The summed E-state index contributed by atoms with van der Waals surface area (Å²) in [5, 5.41) is 7.79. The second-order valence-electron chi connectivity index (χ2n) is 4.52. The van der Waals surface area contributed by atoms with Gasteiger partial charge in [-0.3, -0.25) is 4.79 Å². The number of likely N-dealkylation sites (tertiary alicyclic amines) is 1. The molecule has 0 radical (unpaired) electrons. The number of hydrogen-bond acceptors (Lipinski definition) is 3. The van der Waals surface area contributed by atoms with E-state index in [2.05, 4.69) is 10.3 Å². The van der Waals surface area contributed by atoms with Crippen LogP contribution in [0, 0.1) is 0 Å². The van der Waals surface area contributed by atoms with Gasteiger partial charge in [0.2, 0.25) is 5.91 Å². The summed E-state index contributed by atoms with van der Waals surface area (Å²) in [5.41, 5.74) is 0. The molecule has 1 fully saturated rings. The Morgan fingerprint density at radius 1 is 1.28 bits per heavy atom. The van der Waals surface area contributed by atoms with Gasteiger partial charge in [0.05, 0.1) is 12.2 Å². The highest BCUT2D eigenvalue weighted by atomic mass is 16.2. The SMILES string of the molecule is O=C(Cn1cccc1)N1CCC(n2ccnn2)C1. The van der Waals surface area contributed by atoms with Crippen LogP contribution < -0.4 is 0 Å². The van der Waals surface area contributed by atoms with Crippen LogP contribution in [-0.4, -0.2) is 43.5 Å². The molecule has 0 aliphatic carbocycles. The zero-order valence-electron chi connectivity index (χ0n) is 10.0. The highest BCUT2D eigenvalue weighted by Crippen LogP contribution is 2.20. The van der Waals surface area contributed by atoms with Crippen LogP contribution in [0.4, 0.5) is 0 Å². The Labute approximate surface area is 105 Å². The average molecular weight is 245 g/mol. The summed E-state index contributed by atoms with van der Waals surface area (Å²) in [6.45, 7) is 1.94. The Kier molecular flexibility index (Phi) is 2.84. The van der Waals surface area contributed by atoms with Crippen molar-refractivity contribution in [2.75, 3.05) is 13.1 Å². The van der Waals surface area contributed by atoms with Gasteiger partial charge >= 0.3 is 0 Å². The Balaban J connectivity index is 1.60. The summed E-state index contributed by atoms with van der Waals surface area (Å²) in [7, 11) is 0. The zero-order chi connectivity index (χ0) is 12.4. The van der Waals surface area contributed by atoms with Crippen LogP contribution in [0.1, 0.15) is 12.5 Å². The molecule has 1 amide bonds. The summed E-state index contributed by atoms with van der Waals surface area (Å²) in [6, 6.07) is 4.12. The molecule has 3 heterocycles. The van der Waals surface area contributed by atoms with Crippen LogP contribution >= 0.6 is 0 Å². The molecule has 0 N–H and O–H groups in total. The molecule has 1 aliphatic rings. The summed E-state index contributed by atoms with van der Waals surface area (Å²) in [4.78, 5) is 14.0. The van der Waals surface area contributed by atoms with Gasteiger partial charge in [0.25, 0.3) is 0 Å². The van der Waals surface area contributed by atoms with Crippen molar-refractivity contribution in [1.29, 1.82) is 0 Å². The summed E-state index contributed by atoms with van der Waals surface area (Å²) < 4.78 is 3.73. The van der Waals surface area contributed by atoms with Gasteiger partial charge in [-0.15, -0.1) is 5.10 Å². The number of aromatic nitrogens is 4. The fraction of sp³-hybridized carbons (Fsp3) is 0.417. The van der Waals surface area contributed by atoms with E-state index in [-0.39, 0.29) is 11.9 Å². The fourth-order valence-corrected chi connectivity index (χ4v) is 2.33. The molecular formula is C12H15N5O. The second kappa shape index (κ2) is 4.64. The molecule has 2 aromatic heterocycles. The van der Waals surface area contributed by atoms with Gasteiger partial charge in [-0.05, 0) is 18.6 Å². The fourth-order valence-electron chi connectivity index (χ4n) is 2.33. The van der Waals surface area contributed by atoms with Crippen LogP contribution in [0.2, 0.25) is 0 Å². The number of nitrogens with zero attached hydrogens (tertiary/aromatic N) is 5. The normalized spacial score (nSPS) is 19.3. The van der Waals surface area contributed by atoms with E-state index < -0.39 is 0 Å². The molecule has 0 saturated carbocycles. The van der Waals surface area contributed by atoms with Crippen molar-refractivity contribution < 1.29 is 4.79 Å². The van der Waals surface area contributed by atoms with E-state index in [1.54, 1.807) is 6.20 Å². The van der Waals surface area contributed by atoms with Gasteiger partial charge in [0, 0.05) is 31.7 Å². The maximum atomic E-state index is 12.1. The average Bonchev–Trinajstić information content (AvgIpc) is 3.11. The van der Waals surface area contributed by atoms with Crippen LogP contribution in [0.25, 0.3) is 0 Å². The zero-order valence-corrected chi connectivity index (χ0v) is 10.0. The molecular weight excluding hydrogens is 230 g/mol. The predicted molar refractivity (Wildman–Crippen MR) is 64.7 cm³/mol. The number of carbonyl (C=O) groups excluding carboxylic acids is 1. The Morgan fingerprint density at radius 3 is 2.83 bits per heavy atom. The van der Waals surface area contributed by atoms with E-state index in [1.165, 1.54) is 0 Å². The maximum absolute atomic E-state index is 12.1. The predicted octanol–water partition coefficient (Wildman–Crippen LogP) is 0.553. The molecule has 0 bridgehead atoms. The van der Waals surface area contributed by atoms with Crippen molar-refractivity contribution >= 4 is 5.91 Å². The minimum Gasteiger partial charge on any atom is -0.345 e. The minimum absolute atomic E-state index is 0.161. The van der Waals surface area contributed by atoms with Crippen LogP contribution in [0.5, 0.6) is 0 Å². The summed E-state index contributed by atoms with van der Waals surface area (Å²) in [6.07, 6.45) is 8.28. The van der Waals surface area contributed by atoms with Crippen LogP contribution in [-0.2, 0) is 11.3 Å². The molecule has 94 valence electrons. The lowest BCUT2D eigenvalue weighted by atomic mass is 10.3. The van der Waals surface area contributed by atoms with Gasteiger partial charge in [-0.1, -0.05) is 5.21 Å². The van der Waals surface area contributed by atoms with E-state index in [1.807, 2.05) is 44.9 Å². The minimum atomic E-state index is 0.161. The first kappa shape index (κ1) is 11.0. The lowest BCUT2D eigenvalue weighted by Gasteiger charge is -2.16. The van der Waals surface area contributed by atoms with E-state index >= 15 is 0 Å². The van der Waals surface area contributed by atoms with Gasteiger partial charge in [0.15, 0.2) is 0 Å². The topological polar surface area (TPSA) is 56.0 Å². The number of rotatable bonds is 3. The molecule has 6 heteroatoms. The molecule has 3 rings (SSSR count). The molecule has 1 saturated heterocycles. The molecule has 0 aromatic carbocycles. The number of amides is 1. The number of carbonyl (C=O) groups is 1. The Hall–Kier alpha value is -2.11. The standard InChI is InChI=1S/C12H15N5O/c18-12(10-15-5-1-2-6-15)16-7-3-11(9-16)17-8-4-13-14-17/h1-2,4-6,8,11H,3,7,9-10H2. The smallest absolute Gasteiger partial charge is 0.242 e. The first-order chi connectivity index (χ1) is 8.83. The van der Waals surface area contributed by atoms with Crippen molar-refractivity contribution in [3.8, 4) is 0 Å². The van der Waals surface area contributed by atoms with E-state index in [4.69, 9.17) is 0 Å². The third kappa shape index (κ3) is 2.13. The monoisotopic (exact) mass is 245 g/mol. The lowest BCUT2D eigenvalue weighted by Crippen LogP contribution is -2.32. The van der Waals surface area contributed by atoms with Gasteiger partial charge in [-0.2, -0.15) is 0 Å². The van der Waals surface area contributed by atoms with Crippen molar-refractivity contribution in [1.82, 2.24) is 24.5 Å². The van der Waals surface area contributed by atoms with Gasteiger partial charge in [-0.25, -0.2) is 4.68 Å². The molecule has 0 spiro atoms. The van der Waals surface area contributed by atoms with E-state index in [0.717, 1.165) is 19.5 Å². The molecule has 6 nitrogen and oxygen atoms in total. The third-order valence-corrected chi connectivity index (χ3v) is 3.32. The highest BCUT2D eigenvalue weighted by molar-refractivity contribution is 5.76. The van der Waals surface area contributed by atoms with Crippen molar-refractivity contribution in [3.05, 3.63) is 36.9 Å². The summed E-state index contributed by atoms with van der Waals surface area (Å²) >= 11 is 0. The Morgan fingerprint density at radius 2 is 2.11 bits per heavy atom. The third-order valence-electron chi connectivity index (χ3n) is 3.32. The molecule has 18 heavy (non-hydrogen) atoms. The molecule has 2 aromatic rings. The van der Waals surface area contributed by atoms with Crippen molar-refractivity contribution in [2.24, 2.45) is 0 Å². The highest BCUT2D eigenvalue weighted by Gasteiger charge is 2.27. The van der Waals surface area contributed by atoms with Gasteiger partial charge in [0.1, 0.15) is 6.54 Å². The summed E-state index contributed by atoms with van der Waals surface area (Å²) in [5.74, 6) is 0.161. The van der Waals surface area contributed by atoms with E-state index in [9.17, 15) is 4.79 Å². The first-order valence-electron chi connectivity index (χ1n) is 6.07. The molecule has 1 unspecified atom stereocenters. The second-order valence-corrected chi connectivity index (χ2v) is 4.52. The van der Waals surface area contributed by atoms with Crippen molar-refractivity contribution in [3.63, 3.8) is 0 Å². The first-order valence-corrected chi connectivity index (χ1v) is 6.07. The Bertz CT molecular complexity index is 505. The molecule has 1 atom stereocenters. The quantitative estimate of drug-likeness (QED) is 0.793. The van der Waals surface area contributed by atoms with Gasteiger partial charge < -0.3 is 9.47 Å². The lowest BCUT2D eigenvalue weighted by molar-refractivity contribution is -0.130. The van der Waals surface area contributed by atoms with Crippen molar-refractivity contribution in [2.45, 2.75) is 19.0 Å². The largest absolute Gasteiger partial charge is 0.345 e. The maximum Gasteiger partial charge on any atom is 0.242 e. The molecule has 1 aliphatic heterocycles. The van der Waals surface area contributed by atoms with Crippen LogP contribution in [0.3, 0.4) is 0 Å².